The van der Waals surface area contributed by atoms with Crippen LogP contribution in [0.5, 0.6) is 0 Å². The van der Waals surface area contributed by atoms with Crippen molar-refractivity contribution in [3.8, 4) is 0 Å². The van der Waals surface area contributed by atoms with Crippen LogP contribution < -0.4 is 5.32 Å². The molecule has 1 fully saturated rings. The molecule has 0 bridgehead atoms. The number of H-pyrrole nitrogens is 1. The molecule has 0 atom stereocenters. The van der Waals surface area contributed by atoms with Crippen LogP contribution in [0.1, 0.15) is 65.3 Å². The zero-order chi connectivity index (χ0) is 19.7. The standard InChI is InChI=1S/C23H25N3O2/c1-14-6-7-17(12-15(14)2)21(27)10-11-22(28)24-18-8-9-19-20(13-18)26-23(25-19)16-4-3-5-16/h6-9,12-13,16H,3-5,10-11H2,1-2H3,(H,24,28)(H,25,26). The fourth-order valence-corrected chi connectivity index (χ4v) is 3.49. The van der Waals surface area contributed by atoms with Crippen LogP contribution in [0.15, 0.2) is 36.4 Å². The van der Waals surface area contributed by atoms with Gasteiger partial charge < -0.3 is 10.3 Å². The Morgan fingerprint density at radius 2 is 1.89 bits per heavy atom. The number of amides is 1. The monoisotopic (exact) mass is 375 g/mol. The number of hydrogen-bond acceptors (Lipinski definition) is 3. The fraction of sp³-hybridized carbons (Fsp3) is 0.348. The zero-order valence-corrected chi connectivity index (χ0v) is 16.3. The first-order valence-corrected chi connectivity index (χ1v) is 9.89. The molecule has 2 N–H and O–H groups in total. The van der Waals surface area contributed by atoms with Crippen LogP contribution in [0.3, 0.4) is 0 Å². The fourth-order valence-electron chi connectivity index (χ4n) is 3.49. The van der Waals surface area contributed by atoms with Crippen LogP contribution >= 0.6 is 0 Å². The summed E-state index contributed by atoms with van der Waals surface area (Å²) in [5.41, 5.74) is 5.49. The number of aromatic amines is 1. The third-order valence-electron chi connectivity index (χ3n) is 5.68. The zero-order valence-electron chi connectivity index (χ0n) is 16.3. The minimum Gasteiger partial charge on any atom is -0.342 e. The first-order valence-electron chi connectivity index (χ1n) is 9.89. The van der Waals surface area contributed by atoms with E-state index in [4.69, 9.17) is 0 Å². The van der Waals surface area contributed by atoms with Gasteiger partial charge in [0.1, 0.15) is 5.82 Å². The maximum absolute atomic E-state index is 12.3. The molecule has 4 rings (SSSR count). The lowest BCUT2D eigenvalue weighted by atomic mass is 9.85. The SMILES string of the molecule is Cc1ccc(C(=O)CCC(=O)Nc2ccc3nc(C4CCC4)[nH]c3c2)cc1C. The topological polar surface area (TPSA) is 74.8 Å². The van der Waals surface area contributed by atoms with Gasteiger partial charge in [-0.15, -0.1) is 0 Å². The lowest BCUT2D eigenvalue weighted by molar-refractivity contribution is -0.116. The number of fused-ring (bicyclic) bond motifs is 1. The summed E-state index contributed by atoms with van der Waals surface area (Å²) in [5, 5.41) is 2.89. The van der Waals surface area contributed by atoms with Crippen LogP contribution in [-0.4, -0.2) is 21.7 Å². The Morgan fingerprint density at radius 1 is 1.07 bits per heavy atom. The number of nitrogens with one attached hydrogen (secondary N) is 2. The second-order valence-corrected chi connectivity index (χ2v) is 7.75. The summed E-state index contributed by atoms with van der Waals surface area (Å²) in [6.07, 6.45) is 4.02. The van der Waals surface area contributed by atoms with Crippen LogP contribution in [0.2, 0.25) is 0 Å². The third kappa shape index (κ3) is 3.84. The van der Waals surface area contributed by atoms with Crippen molar-refractivity contribution < 1.29 is 9.59 Å². The van der Waals surface area contributed by atoms with Gasteiger partial charge in [-0.3, -0.25) is 9.59 Å². The molecule has 0 saturated heterocycles. The van der Waals surface area contributed by atoms with E-state index in [0.717, 1.165) is 33.7 Å². The Balaban J connectivity index is 1.36. The molecule has 5 heteroatoms. The first kappa shape index (κ1) is 18.4. The van der Waals surface area contributed by atoms with Crippen molar-refractivity contribution in [1.29, 1.82) is 0 Å². The summed E-state index contributed by atoms with van der Waals surface area (Å²) in [7, 11) is 0. The molecule has 3 aromatic rings. The molecule has 1 amide bonds. The molecule has 0 spiro atoms. The van der Waals surface area contributed by atoms with Crippen LogP contribution in [0.4, 0.5) is 5.69 Å². The molecule has 28 heavy (non-hydrogen) atoms. The van der Waals surface area contributed by atoms with Crippen molar-refractivity contribution in [3.63, 3.8) is 0 Å². The second kappa shape index (κ2) is 7.58. The number of Topliss-reactive ketones (excluding diaryl/α,β-unsaturated/α-hetero) is 1. The normalized spacial score (nSPS) is 14.1. The molecular formula is C23H25N3O2. The summed E-state index contributed by atoms with van der Waals surface area (Å²) in [4.78, 5) is 32.7. The Hall–Kier alpha value is -2.95. The van der Waals surface area contributed by atoms with E-state index in [1.54, 1.807) is 0 Å². The maximum atomic E-state index is 12.3. The highest BCUT2D eigenvalue weighted by Gasteiger charge is 2.22. The number of rotatable bonds is 6. The molecule has 1 aromatic heterocycles. The summed E-state index contributed by atoms with van der Waals surface area (Å²) in [6, 6.07) is 11.4. The molecule has 0 radical (unpaired) electrons. The second-order valence-electron chi connectivity index (χ2n) is 7.75. The van der Waals surface area contributed by atoms with E-state index in [0.29, 0.717) is 11.5 Å². The molecule has 144 valence electrons. The van der Waals surface area contributed by atoms with E-state index in [1.807, 2.05) is 50.2 Å². The summed E-state index contributed by atoms with van der Waals surface area (Å²) in [5.74, 6) is 1.42. The van der Waals surface area contributed by atoms with Crippen molar-refractivity contribution in [1.82, 2.24) is 9.97 Å². The number of ketones is 1. The minimum atomic E-state index is -0.157. The number of carbonyl (C=O) groups excluding carboxylic acids is 2. The minimum absolute atomic E-state index is 0.00703. The van der Waals surface area contributed by atoms with E-state index in [9.17, 15) is 9.59 Å². The van der Waals surface area contributed by atoms with Gasteiger partial charge in [-0.25, -0.2) is 4.98 Å². The van der Waals surface area contributed by atoms with Crippen molar-refractivity contribution >= 4 is 28.4 Å². The number of hydrogen-bond donors (Lipinski definition) is 2. The Labute approximate surface area is 164 Å². The molecule has 1 saturated carbocycles. The highest BCUT2D eigenvalue weighted by Crippen LogP contribution is 2.35. The van der Waals surface area contributed by atoms with Gasteiger partial charge in [-0.2, -0.15) is 0 Å². The van der Waals surface area contributed by atoms with E-state index >= 15 is 0 Å². The summed E-state index contributed by atoms with van der Waals surface area (Å²) >= 11 is 0. The smallest absolute Gasteiger partial charge is 0.224 e. The van der Waals surface area contributed by atoms with Crippen LogP contribution in [0.25, 0.3) is 11.0 Å². The average Bonchev–Trinajstić information content (AvgIpc) is 3.02. The predicted octanol–water partition coefficient (Wildman–Crippen LogP) is 5.05. The number of aryl methyl sites for hydroxylation is 2. The molecule has 5 nitrogen and oxygen atoms in total. The summed E-state index contributed by atoms with van der Waals surface area (Å²) < 4.78 is 0. The van der Waals surface area contributed by atoms with Crippen molar-refractivity contribution in [2.24, 2.45) is 0 Å². The van der Waals surface area contributed by atoms with Crippen LogP contribution in [-0.2, 0) is 4.79 Å². The van der Waals surface area contributed by atoms with Crippen molar-refractivity contribution in [2.45, 2.75) is 51.9 Å². The molecule has 2 aromatic carbocycles. The number of carbonyl (C=O) groups is 2. The number of nitrogens with zero attached hydrogens (tertiary/aromatic N) is 1. The Morgan fingerprint density at radius 3 is 2.61 bits per heavy atom. The highest BCUT2D eigenvalue weighted by atomic mass is 16.2. The van der Waals surface area contributed by atoms with Crippen molar-refractivity contribution in [3.05, 3.63) is 58.9 Å². The molecular weight excluding hydrogens is 350 g/mol. The average molecular weight is 375 g/mol. The van der Waals surface area contributed by atoms with Gasteiger partial charge in [0.15, 0.2) is 5.78 Å². The van der Waals surface area contributed by atoms with E-state index in [-0.39, 0.29) is 24.5 Å². The lowest BCUT2D eigenvalue weighted by Crippen LogP contribution is -2.13. The van der Waals surface area contributed by atoms with Gasteiger partial charge in [0.2, 0.25) is 5.91 Å². The number of aromatic nitrogens is 2. The van der Waals surface area contributed by atoms with E-state index < -0.39 is 0 Å². The number of benzene rings is 2. The van der Waals surface area contributed by atoms with Gasteiger partial charge in [0.25, 0.3) is 0 Å². The van der Waals surface area contributed by atoms with Gasteiger partial charge in [-0.1, -0.05) is 18.6 Å². The highest BCUT2D eigenvalue weighted by molar-refractivity contribution is 6.00. The Kier molecular flexibility index (Phi) is 4.99. The number of anilines is 1. The Bertz CT molecular complexity index is 1050. The molecule has 0 aliphatic heterocycles. The van der Waals surface area contributed by atoms with Gasteiger partial charge in [0, 0.05) is 30.0 Å². The maximum Gasteiger partial charge on any atom is 0.224 e. The molecule has 1 heterocycles. The lowest BCUT2D eigenvalue weighted by Gasteiger charge is -2.22. The molecule has 0 unspecified atom stereocenters. The largest absolute Gasteiger partial charge is 0.342 e. The van der Waals surface area contributed by atoms with E-state index in [1.165, 1.54) is 19.3 Å². The van der Waals surface area contributed by atoms with Gasteiger partial charge >= 0.3 is 0 Å². The predicted molar refractivity (Wildman–Crippen MR) is 111 cm³/mol. The number of imidazole rings is 1. The van der Waals surface area contributed by atoms with Crippen molar-refractivity contribution in [2.75, 3.05) is 5.32 Å². The molecule has 1 aliphatic carbocycles. The summed E-state index contributed by atoms with van der Waals surface area (Å²) in [6.45, 7) is 4.00. The molecule has 1 aliphatic rings. The first-order chi connectivity index (χ1) is 13.5. The van der Waals surface area contributed by atoms with E-state index in [2.05, 4.69) is 15.3 Å². The van der Waals surface area contributed by atoms with Gasteiger partial charge in [0.05, 0.1) is 11.0 Å². The quantitative estimate of drug-likeness (QED) is 0.592. The van der Waals surface area contributed by atoms with Crippen LogP contribution in [0, 0.1) is 13.8 Å². The third-order valence-corrected chi connectivity index (χ3v) is 5.68. The van der Waals surface area contributed by atoms with Gasteiger partial charge in [-0.05, 0) is 62.1 Å².